The minimum absolute atomic E-state index is 0.0653. The molecular formula is C20H28N2O3. The smallest absolute Gasteiger partial charge is 0.325 e. The number of urea groups is 1. The molecule has 136 valence electrons. The summed E-state index contributed by atoms with van der Waals surface area (Å²) < 4.78 is 5.87. The Morgan fingerprint density at radius 3 is 2.28 bits per heavy atom. The molecule has 3 rings (SSSR count). The summed E-state index contributed by atoms with van der Waals surface area (Å²) in [4.78, 5) is 26.6. The van der Waals surface area contributed by atoms with Crippen molar-refractivity contribution < 1.29 is 14.3 Å². The van der Waals surface area contributed by atoms with Gasteiger partial charge in [-0.25, -0.2) is 4.79 Å². The Bertz CT molecular complexity index is 628. The SMILES string of the molecule is Cc1cccc(C)c1OCCN1C(=O)NC2(CCCCCCC2)C1=O. The second-order valence-electron chi connectivity index (χ2n) is 7.31. The van der Waals surface area contributed by atoms with Crippen LogP contribution in [-0.4, -0.2) is 35.5 Å². The third-order valence-corrected chi connectivity index (χ3v) is 5.42. The lowest BCUT2D eigenvalue weighted by Gasteiger charge is -2.28. The number of para-hydroxylation sites is 1. The molecule has 1 aliphatic carbocycles. The zero-order chi connectivity index (χ0) is 17.9. The van der Waals surface area contributed by atoms with E-state index in [1.54, 1.807) is 0 Å². The van der Waals surface area contributed by atoms with Crippen molar-refractivity contribution in [3.8, 4) is 5.75 Å². The molecule has 2 fully saturated rings. The van der Waals surface area contributed by atoms with Gasteiger partial charge in [-0.2, -0.15) is 0 Å². The highest BCUT2D eigenvalue weighted by molar-refractivity contribution is 6.07. The molecule has 0 aromatic heterocycles. The molecule has 0 unspecified atom stereocenters. The number of rotatable bonds is 4. The van der Waals surface area contributed by atoms with Crippen LogP contribution in [0, 0.1) is 13.8 Å². The van der Waals surface area contributed by atoms with E-state index in [4.69, 9.17) is 4.74 Å². The van der Waals surface area contributed by atoms with Gasteiger partial charge in [0.15, 0.2) is 0 Å². The van der Waals surface area contributed by atoms with Gasteiger partial charge in [0.05, 0.1) is 6.54 Å². The number of carbonyl (C=O) groups is 2. The first-order valence-electron chi connectivity index (χ1n) is 9.37. The van der Waals surface area contributed by atoms with Crippen LogP contribution >= 0.6 is 0 Å². The highest BCUT2D eigenvalue weighted by Gasteiger charge is 2.50. The Morgan fingerprint density at radius 1 is 1.04 bits per heavy atom. The van der Waals surface area contributed by atoms with E-state index in [0.29, 0.717) is 13.2 Å². The van der Waals surface area contributed by atoms with Gasteiger partial charge in [0.2, 0.25) is 0 Å². The Balaban J connectivity index is 1.63. The maximum atomic E-state index is 12.9. The molecule has 1 N–H and O–H groups in total. The molecule has 1 heterocycles. The third kappa shape index (κ3) is 3.65. The predicted molar refractivity (Wildman–Crippen MR) is 96.7 cm³/mol. The van der Waals surface area contributed by atoms with Crippen LogP contribution in [0.4, 0.5) is 4.79 Å². The average molecular weight is 344 g/mol. The number of nitrogens with one attached hydrogen (secondary N) is 1. The standard InChI is InChI=1S/C20H28N2O3/c1-15-9-8-10-16(2)17(15)25-14-13-22-18(23)20(21-19(22)24)11-6-4-3-5-7-12-20/h8-10H,3-7,11-14H2,1-2H3,(H,21,24). The number of benzene rings is 1. The number of amides is 3. The Labute approximate surface area is 149 Å². The monoisotopic (exact) mass is 344 g/mol. The summed E-state index contributed by atoms with van der Waals surface area (Å²) >= 11 is 0. The van der Waals surface area contributed by atoms with Crippen molar-refractivity contribution in [2.45, 2.75) is 64.3 Å². The van der Waals surface area contributed by atoms with Crippen LogP contribution in [0.3, 0.4) is 0 Å². The summed E-state index contributed by atoms with van der Waals surface area (Å²) in [5.41, 5.74) is 1.46. The van der Waals surface area contributed by atoms with Gasteiger partial charge >= 0.3 is 6.03 Å². The minimum Gasteiger partial charge on any atom is -0.491 e. The van der Waals surface area contributed by atoms with Crippen molar-refractivity contribution in [2.75, 3.05) is 13.2 Å². The minimum atomic E-state index is -0.671. The third-order valence-electron chi connectivity index (χ3n) is 5.42. The lowest BCUT2D eigenvalue weighted by Crippen LogP contribution is -2.47. The number of carbonyl (C=O) groups excluding carboxylic acids is 2. The van der Waals surface area contributed by atoms with Gasteiger partial charge in [-0.1, -0.05) is 50.3 Å². The second-order valence-corrected chi connectivity index (χ2v) is 7.31. The average Bonchev–Trinajstić information content (AvgIpc) is 2.78. The molecule has 1 saturated heterocycles. The van der Waals surface area contributed by atoms with E-state index in [-0.39, 0.29) is 11.9 Å². The van der Waals surface area contributed by atoms with Crippen LogP contribution < -0.4 is 10.1 Å². The first-order valence-corrected chi connectivity index (χ1v) is 9.37. The van der Waals surface area contributed by atoms with Crippen molar-refractivity contribution >= 4 is 11.9 Å². The molecule has 1 aromatic carbocycles. The zero-order valence-electron chi connectivity index (χ0n) is 15.3. The molecule has 1 aromatic rings. The highest BCUT2D eigenvalue weighted by Crippen LogP contribution is 2.32. The molecule has 0 radical (unpaired) electrons. The maximum absolute atomic E-state index is 12.9. The normalized spacial score (nSPS) is 20.3. The van der Waals surface area contributed by atoms with Crippen LogP contribution in [0.15, 0.2) is 18.2 Å². The van der Waals surface area contributed by atoms with Crippen molar-refractivity contribution in [1.82, 2.24) is 10.2 Å². The Hall–Kier alpha value is -2.04. The topological polar surface area (TPSA) is 58.6 Å². The van der Waals surface area contributed by atoms with Crippen molar-refractivity contribution in [3.63, 3.8) is 0 Å². The van der Waals surface area contributed by atoms with E-state index in [1.165, 1.54) is 11.3 Å². The van der Waals surface area contributed by atoms with Crippen molar-refractivity contribution in [2.24, 2.45) is 0 Å². The molecular weight excluding hydrogens is 316 g/mol. The number of aryl methyl sites for hydroxylation is 2. The largest absolute Gasteiger partial charge is 0.491 e. The van der Waals surface area contributed by atoms with Crippen molar-refractivity contribution in [3.05, 3.63) is 29.3 Å². The zero-order valence-corrected chi connectivity index (χ0v) is 15.3. The van der Waals surface area contributed by atoms with Crippen LogP contribution in [0.5, 0.6) is 5.75 Å². The molecule has 5 heteroatoms. The molecule has 0 atom stereocenters. The number of ether oxygens (including phenoxy) is 1. The van der Waals surface area contributed by atoms with E-state index in [9.17, 15) is 9.59 Å². The van der Waals surface area contributed by atoms with Gasteiger partial charge in [-0.05, 0) is 37.8 Å². The van der Waals surface area contributed by atoms with Crippen LogP contribution in [0.25, 0.3) is 0 Å². The fourth-order valence-corrected chi connectivity index (χ4v) is 3.99. The number of hydrogen-bond donors (Lipinski definition) is 1. The molecule has 25 heavy (non-hydrogen) atoms. The first kappa shape index (κ1) is 17.8. The molecule has 5 nitrogen and oxygen atoms in total. The first-order chi connectivity index (χ1) is 12.0. The van der Waals surface area contributed by atoms with Gasteiger partial charge < -0.3 is 10.1 Å². The fourth-order valence-electron chi connectivity index (χ4n) is 3.99. The van der Waals surface area contributed by atoms with Crippen molar-refractivity contribution in [1.29, 1.82) is 0 Å². The van der Waals surface area contributed by atoms with Crippen LogP contribution in [-0.2, 0) is 4.79 Å². The fraction of sp³-hybridized carbons (Fsp3) is 0.600. The lowest BCUT2D eigenvalue weighted by molar-refractivity contribution is -0.132. The Morgan fingerprint density at radius 2 is 1.64 bits per heavy atom. The summed E-state index contributed by atoms with van der Waals surface area (Å²) in [6.07, 6.45) is 7.02. The van der Waals surface area contributed by atoms with E-state index in [2.05, 4.69) is 5.32 Å². The molecule has 1 aliphatic heterocycles. The van der Waals surface area contributed by atoms with E-state index in [0.717, 1.165) is 55.4 Å². The van der Waals surface area contributed by atoms with Gasteiger partial charge in [-0.3, -0.25) is 9.69 Å². The molecule has 2 aliphatic rings. The van der Waals surface area contributed by atoms with E-state index >= 15 is 0 Å². The quantitative estimate of drug-likeness (QED) is 0.847. The van der Waals surface area contributed by atoms with Gasteiger partial charge in [0.1, 0.15) is 17.9 Å². The summed E-state index contributed by atoms with van der Waals surface area (Å²) in [5, 5.41) is 2.99. The molecule has 0 bridgehead atoms. The summed E-state index contributed by atoms with van der Waals surface area (Å²) in [6, 6.07) is 5.72. The summed E-state index contributed by atoms with van der Waals surface area (Å²) in [6.45, 7) is 4.61. The number of hydrogen-bond acceptors (Lipinski definition) is 3. The molecule has 3 amide bonds. The predicted octanol–water partition coefficient (Wildman–Crippen LogP) is 3.72. The molecule has 1 spiro atoms. The van der Waals surface area contributed by atoms with E-state index in [1.807, 2.05) is 32.0 Å². The van der Waals surface area contributed by atoms with E-state index < -0.39 is 5.54 Å². The maximum Gasteiger partial charge on any atom is 0.325 e. The van der Waals surface area contributed by atoms with Gasteiger partial charge in [0, 0.05) is 0 Å². The lowest BCUT2D eigenvalue weighted by atomic mass is 9.84. The van der Waals surface area contributed by atoms with Gasteiger partial charge in [0.25, 0.3) is 5.91 Å². The number of nitrogens with zero attached hydrogens (tertiary/aromatic N) is 1. The Kier molecular flexibility index (Phi) is 5.30. The second kappa shape index (κ2) is 7.46. The highest BCUT2D eigenvalue weighted by atomic mass is 16.5. The summed E-state index contributed by atoms with van der Waals surface area (Å²) in [7, 11) is 0. The number of imide groups is 1. The molecule has 1 saturated carbocycles. The van der Waals surface area contributed by atoms with Crippen LogP contribution in [0.2, 0.25) is 0 Å². The summed E-state index contributed by atoms with van der Waals surface area (Å²) in [5.74, 6) is 0.778. The van der Waals surface area contributed by atoms with Crippen LogP contribution in [0.1, 0.15) is 56.1 Å². The van der Waals surface area contributed by atoms with Gasteiger partial charge in [-0.15, -0.1) is 0 Å².